The van der Waals surface area contributed by atoms with Crippen LogP contribution < -0.4 is 0 Å². The quantitative estimate of drug-likeness (QED) is 0.600. The summed E-state index contributed by atoms with van der Waals surface area (Å²) in [6, 6.07) is 18.0. The molecule has 0 heterocycles. The molecule has 0 nitrogen and oxygen atoms in total. The van der Waals surface area contributed by atoms with Gasteiger partial charge in [0.25, 0.3) is 0 Å². The van der Waals surface area contributed by atoms with Crippen LogP contribution in [0.4, 0.5) is 0 Å². The Hall–Kier alpha value is -1.56. The van der Waals surface area contributed by atoms with Crippen LogP contribution in [0.3, 0.4) is 0 Å². The van der Waals surface area contributed by atoms with Gasteiger partial charge >= 0.3 is 0 Å². The largest absolute Gasteiger partial charge is 0.0683 e. The van der Waals surface area contributed by atoms with Crippen LogP contribution in [0, 0.1) is 6.92 Å². The van der Waals surface area contributed by atoms with Gasteiger partial charge in [-0.25, -0.2) is 0 Å². The van der Waals surface area contributed by atoms with E-state index in [4.69, 9.17) is 0 Å². The van der Waals surface area contributed by atoms with Crippen molar-refractivity contribution in [3.63, 3.8) is 0 Å². The second-order valence-electron chi connectivity index (χ2n) is 6.80. The number of fused-ring (bicyclic) bond motifs is 1. The summed E-state index contributed by atoms with van der Waals surface area (Å²) in [6.07, 6.45) is 1.18. The van der Waals surface area contributed by atoms with E-state index in [0.29, 0.717) is 0 Å². The summed E-state index contributed by atoms with van der Waals surface area (Å²) in [5, 5.41) is 0. The lowest BCUT2D eigenvalue weighted by molar-refractivity contribution is 0.425. The second-order valence-corrected chi connectivity index (χ2v) is 6.80. The highest BCUT2D eigenvalue weighted by atomic mass is 14.5. The van der Waals surface area contributed by atoms with E-state index in [1.165, 1.54) is 28.7 Å². The van der Waals surface area contributed by atoms with Crippen LogP contribution in [-0.2, 0) is 10.8 Å². The van der Waals surface area contributed by atoms with Crippen molar-refractivity contribution in [2.75, 3.05) is 0 Å². The Morgan fingerprint density at radius 1 is 0.762 bits per heavy atom. The molecule has 0 spiro atoms. The Labute approximate surface area is 130 Å². The lowest BCUT2D eigenvalue weighted by Gasteiger charge is -2.28. The molecule has 0 fully saturated rings. The van der Waals surface area contributed by atoms with Crippen LogP contribution in [0.5, 0.6) is 0 Å². The van der Waals surface area contributed by atoms with Gasteiger partial charge in [0, 0.05) is 5.41 Å². The first kappa shape index (κ1) is 15.8. The van der Waals surface area contributed by atoms with E-state index in [0.717, 1.165) is 0 Å². The highest BCUT2D eigenvalue weighted by Crippen LogP contribution is 2.52. The molecule has 0 bridgehead atoms. The molecule has 2 aromatic rings. The first-order valence-electron chi connectivity index (χ1n) is 8.11. The number of hydrogen-bond acceptors (Lipinski definition) is 0. The third-order valence-electron chi connectivity index (χ3n) is 4.73. The van der Waals surface area contributed by atoms with E-state index in [-0.39, 0.29) is 10.8 Å². The van der Waals surface area contributed by atoms with Gasteiger partial charge in [-0.15, -0.1) is 0 Å². The smallest absolute Gasteiger partial charge is 0.0185 e. The summed E-state index contributed by atoms with van der Waals surface area (Å²) < 4.78 is 0. The van der Waals surface area contributed by atoms with Gasteiger partial charge in [-0.3, -0.25) is 0 Å². The van der Waals surface area contributed by atoms with Crippen LogP contribution in [-0.4, -0.2) is 0 Å². The van der Waals surface area contributed by atoms with Gasteiger partial charge in [0.05, 0.1) is 0 Å². The van der Waals surface area contributed by atoms with Crippen molar-refractivity contribution in [3.05, 3.63) is 70.8 Å². The first-order valence-corrected chi connectivity index (χ1v) is 8.11. The van der Waals surface area contributed by atoms with Gasteiger partial charge in [-0.2, -0.15) is 0 Å². The van der Waals surface area contributed by atoms with Crippen LogP contribution in [0.1, 0.15) is 63.3 Å². The molecule has 1 unspecified atom stereocenters. The minimum atomic E-state index is 0.147. The monoisotopic (exact) mass is 280 g/mol. The van der Waals surface area contributed by atoms with E-state index in [1.807, 2.05) is 13.8 Å². The van der Waals surface area contributed by atoms with Crippen molar-refractivity contribution in [3.8, 4) is 0 Å². The van der Waals surface area contributed by atoms with E-state index < -0.39 is 0 Å². The summed E-state index contributed by atoms with van der Waals surface area (Å²) in [7, 11) is 0. The van der Waals surface area contributed by atoms with Gasteiger partial charge in [-0.05, 0) is 35.4 Å². The fourth-order valence-corrected chi connectivity index (χ4v) is 3.81. The van der Waals surface area contributed by atoms with Gasteiger partial charge in [0.15, 0.2) is 0 Å². The van der Waals surface area contributed by atoms with Crippen molar-refractivity contribution >= 4 is 0 Å². The number of rotatable bonds is 1. The van der Waals surface area contributed by atoms with Crippen molar-refractivity contribution in [2.45, 2.75) is 58.8 Å². The van der Waals surface area contributed by atoms with Crippen molar-refractivity contribution in [2.24, 2.45) is 0 Å². The number of benzene rings is 2. The minimum Gasteiger partial charge on any atom is -0.0683 e. The molecule has 0 amide bonds. The molecule has 2 aromatic carbocycles. The van der Waals surface area contributed by atoms with Crippen molar-refractivity contribution in [1.29, 1.82) is 0 Å². The highest BCUT2D eigenvalue weighted by Gasteiger charge is 2.45. The predicted octanol–water partition coefficient (Wildman–Crippen LogP) is 6.01. The molecule has 1 aliphatic rings. The summed E-state index contributed by atoms with van der Waals surface area (Å²) in [5.74, 6) is 0. The molecule has 0 aliphatic heterocycles. The Morgan fingerprint density at radius 3 is 1.86 bits per heavy atom. The molecule has 0 heteroatoms. The molecule has 0 radical (unpaired) electrons. The van der Waals surface area contributed by atoms with Crippen LogP contribution in [0.2, 0.25) is 0 Å². The van der Waals surface area contributed by atoms with Crippen LogP contribution in [0.25, 0.3) is 0 Å². The predicted molar refractivity (Wildman–Crippen MR) is 93.1 cm³/mol. The maximum Gasteiger partial charge on any atom is 0.0185 e. The molecular formula is C21H28. The van der Waals surface area contributed by atoms with E-state index >= 15 is 0 Å². The molecule has 3 rings (SSSR count). The zero-order valence-corrected chi connectivity index (χ0v) is 14.3. The molecule has 0 aromatic heterocycles. The standard InChI is InChI=1S/C19H22.C2H6/c1-14-9-11-15(12-10-14)19(4)13-18(2,3)16-7-5-6-8-17(16)19;1-2/h5-12H,13H2,1-4H3;1-2H3. The van der Waals surface area contributed by atoms with Crippen LogP contribution >= 0.6 is 0 Å². The maximum atomic E-state index is 2.39. The summed E-state index contributed by atoms with van der Waals surface area (Å²) in [5.41, 5.74) is 6.19. The summed E-state index contributed by atoms with van der Waals surface area (Å²) in [6.45, 7) is 13.3. The van der Waals surface area contributed by atoms with Crippen molar-refractivity contribution in [1.82, 2.24) is 0 Å². The Morgan fingerprint density at radius 2 is 1.29 bits per heavy atom. The Kier molecular flexibility index (Phi) is 4.27. The minimum absolute atomic E-state index is 0.147. The van der Waals surface area contributed by atoms with Crippen molar-refractivity contribution < 1.29 is 0 Å². The van der Waals surface area contributed by atoms with Gasteiger partial charge in [0.1, 0.15) is 0 Å². The van der Waals surface area contributed by atoms with Gasteiger partial charge in [0.2, 0.25) is 0 Å². The fraction of sp³-hybridized carbons (Fsp3) is 0.429. The van der Waals surface area contributed by atoms with E-state index in [2.05, 4.69) is 76.2 Å². The molecule has 0 saturated carbocycles. The normalized spacial score (nSPS) is 22.2. The summed E-state index contributed by atoms with van der Waals surface area (Å²) in [4.78, 5) is 0. The zero-order valence-electron chi connectivity index (χ0n) is 14.3. The average Bonchev–Trinajstić information content (AvgIpc) is 2.70. The fourth-order valence-electron chi connectivity index (χ4n) is 3.81. The van der Waals surface area contributed by atoms with Crippen LogP contribution in [0.15, 0.2) is 48.5 Å². The third kappa shape index (κ3) is 2.64. The number of hydrogen-bond donors (Lipinski definition) is 0. The molecule has 21 heavy (non-hydrogen) atoms. The summed E-state index contributed by atoms with van der Waals surface area (Å²) >= 11 is 0. The maximum absolute atomic E-state index is 2.39. The Balaban J connectivity index is 0.000000774. The second kappa shape index (κ2) is 5.67. The molecule has 0 saturated heterocycles. The molecule has 0 N–H and O–H groups in total. The molecule has 1 atom stereocenters. The lowest BCUT2D eigenvalue weighted by Crippen LogP contribution is -2.23. The highest BCUT2D eigenvalue weighted by molar-refractivity contribution is 5.51. The molecule has 112 valence electrons. The van der Waals surface area contributed by atoms with Gasteiger partial charge in [-0.1, -0.05) is 88.7 Å². The average molecular weight is 280 g/mol. The lowest BCUT2D eigenvalue weighted by atomic mass is 9.75. The van der Waals surface area contributed by atoms with E-state index in [1.54, 1.807) is 0 Å². The molecule has 1 aliphatic carbocycles. The Bertz CT molecular complexity index is 604. The zero-order chi connectivity index (χ0) is 15.7. The van der Waals surface area contributed by atoms with Gasteiger partial charge < -0.3 is 0 Å². The first-order chi connectivity index (χ1) is 9.93. The molecular weight excluding hydrogens is 252 g/mol. The topological polar surface area (TPSA) is 0 Å². The number of aryl methyl sites for hydroxylation is 1. The third-order valence-corrected chi connectivity index (χ3v) is 4.73. The SMILES string of the molecule is CC.Cc1ccc(C2(C)CC(C)(C)c3ccccc32)cc1. The van der Waals surface area contributed by atoms with E-state index in [9.17, 15) is 0 Å².